The molecule has 1 aromatic rings. The Morgan fingerprint density at radius 2 is 2.11 bits per heavy atom. The van der Waals surface area contributed by atoms with E-state index in [0.717, 1.165) is 39.0 Å². The van der Waals surface area contributed by atoms with Gasteiger partial charge in [-0.25, -0.2) is 4.79 Å². The van der Waals surface area contributed by atoms with Crippen LogP contribution in [0.3, 0.4) is 0 Å². The van der Waals surface area contributed by atoms with Crippen molar-refractivity contribution in [3.8, 4) is 0 Å². The molecule has 0 radical (unpaired) electrons. The van der Waals surface area contributed by atoms with Crippen molar-refractivity contribution in [2.45, 2.75) is 38.4 Å². The fourth-order valence-corrected chi connectivity index (χ4v) is 3.53. The van der Waals surface area contributed by atoms with Crippen molar-refractivity contribution in [2.24, 2.45) is 5.92 Å². The van der Waals surface area contributed by atoms with Crippen LogP contribution in [0.5, 0.6) is 0 Å². The number of carbonyl (C=O) groups is 2. The Labute approximate surface area is 166 Å². The minimum Gasteiger partial charge on any atom is -0.454 e. The van der Waals surface area contributed by atoms with Crippen molar-refractivity contribution >= 4 is 17.6 Å². The predicted octanol–water partition coefficient (Wildman–Crippen LogP) is 1.76. The molecular weight excluding hydrogens is 360 g/mol. The third-order valence-corrected chi connectivity index (χ3v) is 5.23. The molecule has 1 N–H and O–H groups in total. The lowest BCUT2D eigenvalue weighted by molar-refractivity contribution is -0.160. The zero-order valence-corrected chi connectivity index (χ0v) is 16.5. The van der Waals surface area contributed by atoms with Gasteiger partial charge in [0.1, 0.15) is 0 Å². The molecule has 3 unspecified atom stereocenters. The van der Waals surface area contributed by atoms with E-state index in [4.69, 9.17) is 14.2 Å². The van der Waals surface area contributed by atoms with Crippen LogP contribution in [0.2, 0.25) is 0 Å². The van der Waals surface area contributed by atoms with E-state index in [-0.39, 0.29) is 18.6 Å². The van der Waals surface area contributed by atoms with E-state index in [9.17, 15) is 9.59 Å². The van der Waals surface area contributed by atoms with Crippen LogP contribution >= 0.6 is 0 Å². The van der Waals surface area contributed by atoms with Crippen molar-refractivity contribution < 1.29 is 23.8 Å². The Morgan fingerprint density at radius 1 is 1.29 bits per heavy atom. The molecule has 28 heavy (non-hydrogen) atoms. The number of esters is 1. The summed E-state index contributed by atoms with van der Waals surface area (Å²) < 4.78 is 16.0. The summed E-state index contributed by atoms with van der Waals surface area (Å²) in [4.78, 5) is 26.2. The smallest absolute Gasteiger partial charge is 0.335 e. The maximum Gasteiger partial charge on any atom is 0.335 e. The Balaban J connectivity index is 1.28. The van der Waals surface area contributed by atoms with Gasteiger partial charge in [-0.15, -0.1) is 0 Å². The lowest BCUT2D eigenvalue weighted by Gasteiger charge is -2.18. The summed E-state index contributed by atoms with van der Waals surface area (Å²) in [5, 5.41) is 2.86. The average Bonchev–Trinajstić information content (AvgIpc) is 3.41. The van der Waals surface area contributed by atoms with Crippen LogP contribution in [0, 0.1) is 5.92 Å². The van der Waals surface area contributed by atoms with E-state index < -0.39 is 12.1 Å². The third-order valence-electron chi connectivity index (χ3n) is 5.23. The van der Waals surface area contributed by atoms with Crippen LogP contribution in [0.1, 0.15) is 26.2 Å². The molecule has 1 aromatic carbocycles. The zero-order valence-electron chi connectivity index (χ0n) is 16.5. The van der Waals surface area contributed by atoms with Crippen LogP contribution in [0.4, 0.5) is 5.69 Å². The summed E-state index contributed by atoms with van der Waals surface area (Å²) >= 11 is 0. The largest absolute Gasteiger partial charge is 0.454 e. The van der Waals surface area contributed by atoms with E-state index in [1.165, 1.54) is 5.69 Å². The molecule has 2 aliphatic heterocycles. The lowest BCUT2D eigenvalue weighted by Crippen LogP contribution is -2.35. The van der Waals surface area contributed by atoms with Gasteiger partial charge in [0.2, 0.25) is 0 Å². The molecule has 0 spiro atoms. The predicted molar refractivity (Wildman–Crippen MR) is 105 cm³/mol. The molecule has 154 valence electrons. The van der Waals surface area contributed by atoms with E-state index in [1.54, 1.807) is 6.92 Å². The molecule has 0 bridgehead atoms. The molecule has 0 saturated carbocycles. The van der Waals surface area contributed by atoms with Crippen LogP contribution in [-0.4, -0.2) is 63.5 Å². The number of rotatable bonds is 9. The van der Waals surface area contributed by atoms with Crippen LogP contribution in [-0.2, 0) is 23.8 Å². The summed E-state index contributed by atoms with van der Waals surface area (Å²) in [7, 11) is 0. The van der Waals surface area contributed by atoms with Crippen LogP contribution in [0.15, 0.2) is 30.3 Å². The number of carbonyl (C=O) groups excluding carboxylic acids is 2. The Hall–Kier alpha value is -2.12. The second-order valence-corrected chi connectivity index (χ2v) is 7.46. The van der Waals surface area contributed by atoms with Gasteiger partial charge in [0.15, 0.2) is 12.7 Å². The maximum absolute atomic E-state index is 12.0. The van der Waals surface area contributed by atoms with Gasteiger partial charge in [-0.1, -0.05) is 18.2 Å². The second kappa shape index (κ2) is 10.4. The van der Waals surface area contributed by atoms with Gasteiger partial charge in [-0.05, 0) is 44.2 Å². The van der Waals surface area contributed by atoms with Crippen LogP contribution in [0.25, 0.3) is 0 Å². The highest BCUT2D eigenvalue weighted by Crippen LogP contribution is 2.22. The number of benzene rings is 1. The van der Waals surface area contributed by atoms with E-state index >= 15 is 0 Å². The number of hydrogen-bond donors (Lipinski definition) is 1. The average molecular weight is 390 g/mol. The molecule has 0 aromatic heterocycles. The molecule has 0 aliphatic carbocycles. The first-order valence-corrected chi connectivity index (χ1v) is 10.1. The first kappa shape index (κ1) is 20.6. The van der Waals surface area contributed by atoms with E-state index in [2.05, 4.69) is 22.3 Å². The monoisotopic (exact) mass is 390 g/mol. The van der Waals surface area contributed by atoms with E-state index in [1.807, 2.05) is 18.2 Å². The van der Waals surface area contributed by atoms with Gasteiger partial charge < -0.3 is 24.4 Å². The Kier molecular flexibility index (Phi) is 7.68. The van der Waals surface area contributed by atoms with Gasteiger partial charge in [0, 0.05) is 31.9 Å². The number of amides is 1. The number of anilines is 1. The molecule has 2 fully saturated rings. The van der Waals surface area contributed by atoms with Gasteiger partial charge >= 0.3 is 5.97 Å². The molecule has 7 nitrogen and oxygen atoms in total. The third kappa shape index (κ3) is 6.21. The fraction of sp³-hybridized carbons (Fsp3) is 0.619. The topological polar surface area (TPSA) is 77.1 Å². The summed E-state index contributed by atoms with van der Waals surface area (Å²) in [6.45, 7) is 4.97. The first-order chi connectivity index (χ1) is 13.6. The molecule has 1 amide bonds. The lowest BCUT2D eigenvalue weighted by atomic mass is 10.1. The normalized spacial score (nSPS) is 22.8. The minimum absolute atomic E-state index is 0.0559. The van der Waals surface area contributed by atoms with Crippen molar-refractivity contribution in [1.82, 2.24) is 5.32 Å². The zero-order chi connectivity index (χ0) is 19.8. The van der Waals surface area contributed by atoms with Gasteiger partial charge in [-0.2, -0.15) is 0 Å². The van der Waals surface area contributed by atoms with Crippen molar-refractivity contribution in [3.63, 3.8) is 0 Å². The maximum atomic E-state index is 12.0. The number of ether oxygens (including phenoxy) is 3. The van der Waals surface area contributed by atoms with Gasteiger partial charge in [-0.3, -0.25) is 4.79 Å². The summed E-state index contributed by atoms with van der Waals surface area (Å²) in [6.07, 6.45) is 2.36. The highest BCUT2D eigenvalue weighted by atomic mass is 16.6. The molecule has 2 heterocycles. The second-order valence-electron chi connectivity index (χ2n) is 7.46. The number of para-hydroxylation sites is 1. The Bertz CT molecular complexity index is 633. The molecule has 2 saturated heterocycles. The van der Waals surface area contributed by atoms with Gasteiger partial charge in [0.05, 0.1) is 12.7 Å². The SMILES string of the molecule is CC(OCC1CCCO1)C(=O)OCC(=O)NCC1CCN(c2ccccc2)C1. The quantitative estimate of drug-likeness (QED) is 0.648. The highest BCUT2D eigenvalue weighted by Gasteiger charge is 2.24. The highest BCUT2D eigenvalue weighted by molar-refractivity contribution is 5.81. The summed E-state index contributed by atoms with van der Waals surface area (Å²) in [6, 6.07) is 10.3. The first-order valence-electron chi connectivity index (χ1n) is 10.1. The number of hydrogen-bond acceptors (Lipinski definition) is 6. The fourth-order valence-electron chi connectivity index (χ4n) is 3.53. The molecule has 7 heteroatoms. The summed E-state index contributed by atoms with van der Waals surface area (Å²) in [5.41, 5.74) is 1.21. The minimum atomic E-state index is -0.703. The number of nitrogens with one attached hydrogen (secondary N) is 1. The van der Waals surface area contributed by atoms with Crippen molar-refractivity contribution in [3.05, 3.63) is 30.3 Å². The van der Waals surface area contributed by atoms with Crippen LogP contribution < -0.4 is 10.2 Å². The Morgan fingerprint density at radius 3 is 2.86 bits per heavy atom. The standard InChI is InChI=1S/C21H30N2O5/c1-16(27-14-19-8-5-11-26-19)21(25)28-15-20(24)22-12-17-9-10-23(13-17)18-6-3-2-4-7-18/h2-4,6-7,16-17,19H,5,8-15H2,1H3,(H,22,24). The number of nitrogens with zero attached hydrogens (tertiary/aromatic N) is 1. The van der Waals surface area contributed by atoms with Crippen molar-refractivity contribution in [2.75, 3.05) is 44.4 Å². The molecule has 3 atom stereocenters. The summed E-state index contributed by atoms with van der Waals surface area (Å²) in [5.74, 6) is -0.407. The van der Waals surface area contributed by atoms with Crippen molar-refractivity contribution in [1.29, 1.82) is 0 Å². The molecule has 2 aliphatic rings. The van der Waals surface area contributed by atoms with Gasteiger partial charge in [0.25, 0.3) is 5.91 Å². The molecular formula is C21H30N2O5. The molecule has 3 rings (SSSR count). The van der Waals surface area contributed by atoms with E-state index in [0.29, 0.717) is 19.1 Å².